The lowest BCUT2D eigenvalue weighted by Gasteiger charge is -2.25. The van der Waals surface area contributed by atoms with Crippen molar-refractivity contribution in [3.63, 3.8) is 0 Å². The second-order valence-electron chi connectivity index (χ2n) is 6.84. The maximum Gasteiger partial charge on any atom is 0.265 e. The molecule has 1 heterocycles. The van der Waals surface area contributed by atoms with E-state index >= 15 is 0 Å². The average molecular weight is 380 g/mol. The van der Waals surface area contributed by atoms with Crippen molar-refractivity contribution < 1.29 is 13.2 Å². The molecule has 6 heteroatoms. The Morgan fingerprint density at radius 1 is 1.00 bits per heavy atom. The highest BCUT2D eigenvalue weighted by Crippen LogP contribution is 2.43. The van der Waals surface area contributed by atoms with Crippen LogP contribution in [-0.4, -0.2) is 20.4 Å². The molecule has 1 atom stereocenters. The molecule has 27 heavy (non-hydrogen) atoms. The van der Waals surface area contributed by atoms with E-state index < -0.39 is 16.1 Å². The average Bonchev–Trinajstić information content (AvgIpc) is 2.87. The van der Waals surface area contributed by atoms with Crippen LogP contribution in [0.4, 0.5) is 11.4 Å². The smallest absolute Gasteiger partial charge is 0.265 e. The third-order valence-corrected chi connectivity index (χ3v) is 7.14. The van der Waals surface area contributed by atoms with Gasteiger partial charge in [0, 0.05) is 11.1 Å². The molecule has 1 amide bonds. The number of carbonyl (C=O) groups excluding carboxylic acids is 1. The van der Waals surface area contributed by atoms with Crippen LogP contribution < -0.4 is 9.62 Å². The van der Waals surface area contributed by atoms with Crippen LogP contribution in [0, 0.1) is 13.8 Å². The van der Waals surface area contributed by atoms with Crippen LogP contribution in [0.5, 0.6) is 0 Å². The minimum atomic E-state index is -3.78. The highest BCUT2D eigenvalue weighted by molar-refractivity contribution is 7.93. The Morgan fingerprint density at radius 2 is 1.67 bits per heavy atom. The molecule has 0 radical (unpaired) electrons. The molecule has 0 aromatic heterocycles. The van der Waals surface area contributed by atoms with Crippen molar-refractivity contribution in [1.29, 1.82) is 0 Å². The minimum Gasteiger partial charge on any atom is -0.324 e. The second-order valence-corrected chi connectivity index (χ2v) is 8.63. The van der Waals surface area contributed by atoms with Gasteiger partial charge in [0.05, 0.1) is 10.6 Å². The van der Waals surface area contributed by atoms with Crippen LogP contribution in [0.2, 0.25) is 0 Å². The Labute approximate surface area is 158 Å². The summed E-state index contributed by atoms with van der Waals surface area (Å²) in [7, 11) is -3.78. The summed E-state index contributed by atoms with van der Waals surface area (Å²) in [6, 6.07) is 15.4. The van der Waals surface area contributed by atoms with Gasteiger partial charge in [0.1, 0.15) is 6.04 Å². The Balaban J connectivity index is 1.74. The van der Waals surface area contributed by atoms with Crippen molar-refractivity contribution in [3.05, 3.63) is 65.7 Å². The van der Waals surface area contributed by atoms with Crippen LogP contribution in [0.15, 0.2) is 59.5 Å². The summed E-state index contributed by atoms with van der Waals surface area (Å²) < 4.78 is 27.5. The Kier molecular flexibility index (Phi) is 3.96. The fourth-order valence-electron chi connectivity index (χ4n) is 3.57. The van der Waals surface area contributed by atoms with E-state index in [1.165, 1.54) is 4.31 Å². The molecule has 0 saturated carbocycles. The molecule has 0 spiro atoms. The number of nitrogens with one attached hydrogen (secondary N) is 1. The summed E-state index contributed by atoms with van der Waals surface area (Å²) >= 11 is 0. The molecule has 1 aliphatic rings. The molecular formula is C21H20N2O3S. The number of hydrogen-bond donors (Lipinski definition) is 1. The number of amides is 1. The maximum absolute atomic E-state index is 13.1. The van der Waals surface area contributed by atoms with Gasteiger partial charge in [-0.05, 0) is 55.5 Å². The van der Waals surface area contributed by atoms with Gasteiger partial charge in [-0.15, -0.1) is 0 Å². The van der Waals surface area contributed by atoms with Gasteiger partial charge in [0.2, 0.25) is 5.91 Å². The van der Waals surface area contributed by atoms with E-state index in [1.54, 1.807) is 25.1 Å². The Hall–Kier alpha value is -2.86. The van der Waals surface area contributed by atoms with Crippen molar-refractivity contribution in [2.75, 3.05) is 9.62 Å². The molecule has 1 N–H and O–H groups in total. The SMILES string of the molecule is Cc1cccc(NC(=O)[C@@H](C)N2c3cccc4cccc(c34)S2(=O)=O)c1C. The molecule has 0 bridgehead atoms. The second kappa shape index (κ2) is 6.09. The number of anilines is 2. The zero-order valence-corrected chi connectivity index (χ0v) is 16.2. The maximum atomic E-state index is 13.1. The van der Waals surface area contributed by atoms with Gasteiger partial charge >= 0.3 is 0 Å². The van der Waals surface area contributed by atoms with Gasteiger partial charge in [-0.25, -0.2) is 8.42 Å². The largest absolute Gasteiger partial charge is 0.324 e. The number of aryl methyl sites for hydroxylation is 1. The quantitative estimate of drug-likeness (QED) is 0.747. The summed E-state index contributed by atoms with van der Waals surface area (Å²) in [5.41, 5.74) is 3.27. The summed E-state index contributed by atoms with van der Waals surface area (Å²) in [4.78, 5) is 13.2. The third-order valence-electron chi connectivity index (χ3n) is 5.21. The fraction of sp³-hybridized carbons (Fsp3) is 0.190. The summed E-state index contributed by atoms with van der Waals surface area (Å²) in [6.07, 6.45) is 0. The van der Waals surface area contributed by atoms with E-state index in [1.807, 2.05) is 50.2 Å². The number of sulfonamides is 1. The normalized spacial score (nSPS) is 15.7. The number of benzene rings is 3. The fourth-order valence-corrected chi connectivity index (χ4v) is 5.43. The highest BCUT2D eigenvalue weighted by Gasteiger charge is 2.40. The van der Waals surface area contributed by atoms with E-state index in [4.69, 9.17) is 0 Å². The van der Waals surface area contributed by atoms with Crippen LogP contribution in [0.1, 0.15) is 18.1 Å². The molecule has 4 rings (SSSR count). The molecule has 0 aliphatic carbocycles. The third kappa shape index (κ3) is 2.59. The van der Waals surface area contributed by atoms with Gasteiger partial charge in [-0.1, -0.05) is 36.4 Å². The summed E-state index contributed by atoms with van der Waals surface area (Å²) in [5, 5.41) is 4.40. The molecular weight excluding hydrogens is 360 g/mol. The van der Waals surface area contributed by atoms with Gasteiger partial charge in [0.15, 0.2) is 0 Å². The predicted molar refractivity (Wildman–Crippen MR) is 108 cm³/mol. The minimum absolute atomic E-state index is 0.252. The lowest BCUT2D eigenvalue weighted by atomic mass is 10.1. The Morgan fingerprint density at radius 3 is 2.41 bits per heavy atom. The van der Waals surface area contributed by atoms with Gasteiger partial charge < -0.3 is 5.32 Å². The molecule has 0 saturated heterocycles. The molecule has 0 fully saturated rings. The molecule has 1 aliphatic heterocycles. The first-order chi connectivity index (χ1) is 12.8. The lowest BCUT2D eigenvalue weighted by molar-refractivity contribution is -0.116. The van der Waals surface area contributed by atoms with Crippen molar-refractivity contribution >= 4 is 38.1 Å². The van der Waals surface area contributed by atoms with E-state index in [0.29, 0.717) is 16.8 Å². The standard InChI is InChI=1S/C21H20N2O3S/c1-13-7-4-10-17(14(13)2)22-21(24)15(3)23-18-11-5-8-16-9-6-12-19(20(16)18)27(23,25)26/h4-12,15H,1-3H3,(H,22,24)/t15-/m1/s1. The van der Waals surface area contributed by atoms with Crippen molar-refractivity contribution in [2.45, 2.75) is 31.7 Å². The Bertz CT molecular complexity index is 1180. The van der Waals surface area contributed by atoms with Crippen molar-refractivity contribution in [2.24, 2.45) is 0 Å². The first-order valence-electron chi connectivity index (χ1n) is 8.75. The predicted octanol–water partition coefficient (Wildman–Crippen LogP) is 3.99. The molecule has 138 valence electrons. The zero-order valence-electron chi connectivity index (χ0n) is 15.4. The first-order valence-corrected chi connectivity index (χ1v) is 10.2. The summed E-state index contributed by atoms with van der Waals surface area (Å²) in [5.74, 6) is -0.364. The number of carbonyl (C=O) groups is 1. The van der Waals surface area contributed by atoms with E-state index in [-0.39, 0.29) is 10.8 Å². The number of hydrogen-bond acceptors (Lipinski definition) is 3. The zero-order chi connectivity index (χ0) is 19.3. The molecule has 5 nitrogen and oxygen atoms in total. The topological polar surface area (TPSA) is 66.5 Å². The van der Waals surface area contributed by atoms with Crippen LogP contribution in [-0.2, 0) is 14.8 Å². The number of rotatable bonds is 3. The van der Waals surface area contributed by atoms with Gasteiger partial charge in [-0.2, -0.15) is 0 Å². The van der Waals surface area contributed by atoms with E-state index in [9.17, 15) is 13.2 Å². The van der Waals surface area contributed by atoms with Crippen molar-refractivity contribution in [3.8, 4) is 0 Å². The van der Waals surface area contributed by atoms with E-state index in [0.717, 1.165) is 16.5 Å². The highest BCUT2D eigenvalue weighted by atomic mass is 32.2. The van der Waals surface area contributed by atoms with Gasteiger partial charge in [-0.3, -0.25) is 9.10 Å². The van der Waals surface area contributed by atoms with Crippen LogP contribution >= 0.6 is 0 Å². The van der Waals surface area contributed by atoms with Crippen LogP contribution in [0.3, 0.4) is 0 Å². The summed E-state index contributed by atoms with van der Waals surface area (Å²) in [6.45, 7) is 5.51. The molecule has 0 unspecified atom stereocenters. The van der Waals surface area contributed by atoms with Crippen molar-refractivity contribution in [1.82, 2.24) is 0 Å². The lowest BCUT2D eigenvalue weighted by Crippen LogP contribution is -2.44. The molecule has 3 aromatic rings. The van der Waals surface area contributed by atoms with Gasteiger partial charge in [0.25, 0.3) is 10.0 Å². The van der Waals surface area contributed by atoms with E-state index in [2.05, 4.69) is 5.32 Å². The monoisotopic (exact) mass is 380 g/mol. The van der Waals surface area contributed by atoms with Crippen LogP contribution in [0.25, 0.3) is 10.8 Å². The molecule has 3 aromatic carbocycles. The number of nitrogens with zero attached hydrogens (tertiary/aromatic N) is 1. The first kappa shape index (κ1) is 17.5.